The summed E-state index contributed by atoms with van der Waals surface area (Å²) in [7, 11) is -3.47. The van der Waals surface area contributed by atoms with Crippen LogP contribution in [0.2, 0.25) is 0 Å². The minimum atomic E-state index is -3.47. The van der Waals surface area contributed by atoms with Crippen LogP contribution in [0.3, 0.4) is 0 Å². The van der Waals surface area contributed by atoms with Crippen molar-refractivity contribution in [1.29, 1.82) is 0 Å². The van der Waals surface area contributed by atoms with E-state index in [9.17, 15) is 13.2 Å². The summed E-state index contributed by atoms with van der Waals surface area (Å²) in [6.45, 7) is 1.95. The largest absolute Gasteiger partial charge is 0.334 e. The first kappa shape index (κ1) is 20.8. The van der Waals surface area contributed by atoms with Crippen molar-refractivity contribution in [3.05, 3.63) is 40.7 Å². The molecule has 1 atom stereocenters. The van der Waals surface area contributed by atoms with Crippen LogP contribution in [0.5, 0.6) is 0 Å². The van der Waals surface area contributed by atoms with Gasteiger partial charge in [-0.1, -0.05) is 24.2 Å². The molecule has 0 saturated carbocycles. The van der Waals surface area contributed by atoms with E-state index >= 15 is 0 Å². The van der Waals surface area contributed by atoms with E-state index in [4.69, 9.17) is 0 Å². The van der Waals surface area contributed by atoms with Gasteiger partial charge < -0.3 is 4.90 Å². The highest BCUT2D eigenvalue weighted by atomic mass is 32.2. The van der Waals surface area contributed by atoms with E-state index in [1.165, 1.54) is 22.8 Å². The van der Waals surface area contributed by atoms with E-state index in [0.717, 1.165) is 38.6 Å². The number of carbonyl (C=O) groups is 1. The number of pyridine rings is 1. The minimum Gasteiger partial charge on any atom is -0.334 e. The Hall–Kier alpha value is -1.42. The minimum absolute atomic E-state index is 0.109. The molecular weight excluding hydrogens is 426 g/mol. The predicted octanol–water partition coefficient (Wildman–Crippen LogP) is 3.77. The molecule has 9 heteroatoms. The second kappa shape index (κ2) is 9.16. The number of thiophene rings is 1. The van der Waals surface area contributed by atoms with E-state index in [1.54, 1.807) is 27.8 Å². The van der Waals surface area contributed by atoms with E-state index in [-0.39, 0.29) is 16.8 Å². The van der Waals surface area contributed by atoms with Gasteiger partial charge in [-0.15, -0.1) is 11.3 Å². The molecule has 0 spiro atoms. The van der Waals surface area contributed by atoms with Crippen LogP contribution >= 0.6 is 23.1 Å². The van der Waals surface area contributed by atoms with E-state index in [0.29, 0.717) is 23.9 Å². The molecule has 1 unspecified atom stereocenters. The Morgan fingerprint density at radius 2 is 1.97 bits per heavy atom. The van der Waals surface area contributed by atoms with Crippen LogP contribution in [0.15, 0.2) is 45.8 Å². The highest BCUT2D eigenvalue weighted by Crippen LogP contribution is 2.35. The van der Waals surface area contributed by atoms with Crippen LogP contribution in [-0.4, -0.2) is 53.9 Å². The van der Waals surface area contributed by atoms with Crippen LogP contribution in [0, 0.1) is 0 Å². The Labute approximate surface area is 180 Å². The fourth-order valence-electron chi connectivity index (χ4n) is 3.92. The molecule has 0 aliphatic carbocycles. The summed E-state index contributed by atoms with van der Waals surface area (Å²) in [5.74, 6) is 0.422. The zero-order chi connectivity index (χ0) is 20.3. The first-order valence-electron chi connectivity index (χ1n) is 9.97. The molecule has 6 nitrogen and oxygen atoms in total. The average Bonchev–Trinajstić information content (AvgIpc) is 3.44. The van der Waals surface area contributed by atoms with Crippen molar-refractivity contribution < 1.29 is 13.2 Å². The van der Waals surface area contributed by atoms with Gasteiger partial charge >= 0.3 is 0 Å². The van der Waals surface area contributed by atoms with Gasteiger partial charge in [0.05, 0.1) is 16.8 Å². The van der Waals surface area contributed by atoms with Gasteiger partial charge in [0, 0.05) is 30.7 Å². The second-order valence-electron chi connectivity index (χ2n) is 7.35. The van der Waals surface area contributed by atoms with Crippen molar-refractivity contribution >= 4 is 39.0 Å². The van der Waals surface area contributed by atoms with Gasteiger partial charge in [0.25, 0.3) is 0 Å². The molecular formula is C20H25N3O3S3. The maximum absolute atomic E-state index is 12.7. The van der Waals surface area contributed by atoms with Crippen LogP contribution in [0.25, 0.3) is 0 Å². The number of aromatic nitrogens is 1. The van der Waals surface area contributed by atoms with Crippen LogP contribution in [0.1, 0.15) is 43.0 Å². The smallest absolute Gasteiger partial charge is 0.244 e. The summed E-state index contributed by atoms with van der Waals surface area (Å²) >= 11 is 3.06. The van der Waals surface area contributed by atoms with Gasteiger partial charge in [-0.05, 0) is 49.3 Å². The Balaban J connectivity index is 1.36. The fraction of sp³-hybridized carbons (Fsp3) is 0.500. The molecule has 2 saturated heterocycles. The highest BCUT2D eigenvalue weighted by Gasteiger charge is 2.30. The third kappa shape index (κ3) is 4.68. The maximum atomic E-state index is 12.7. The normalized spacial score (nSPS) is 20.8. The lowest BCUT2D eigenvalue weighted by atomic mass is 10.2. The lowest BCUT2D eigenvalue weighted by Gasteiger charge is -2.25. The molecule has 1 amide bonds. The highest BCUT2D eigenvalue weighted by molar-refractivity contribution is 7.99. The third-order valence-corrected chi connectivity index (χ3v) is 9.23. The molecule has 29 heavy (non-hydrogen) atoms. The summed E-state index contributed by atoms with van der Waals surface area (Å²) in [4.78, 5) is 20.5. The number of carbonyl (C=O) groups excluding carboxylic acids is 1. The lowest BCUT2D eigenvalue weighted by molar-refractivity contribution is -0.129. The molecule has 4 rings (SSSR count). The lowest BCUT2D eigenvalue weighted by Crippen LogP contribution is -2.35. The van der Waals surface area contributed by atoms with Crippen molar-refractivity contribution in [3.8, 4) is 0 Å². The quantitative estimate of drug-likeness (QED) is 0.625. The molecule has 0 radical (unpaired) electrons. The second-order valence-corrected chi connectivity index (χ2v) is 11.3. The van der Waals surface area contributed by atoms with Gasteiger partial charge in [-0.2, -0.15) is 4.31 Å². The van der Waals surface area contributed by atoms with Crippen molar-refractivity contribution in [2.45, 2.75) is 48.1 Å². The molecule has 156 valence electrons. The topological polar surface area (TPSA) is 70.6 Å². The molecule has 0 bridgehead atoms. The number of thioether (sulfide) groups is 1. The van der Waals surface area contributed by atoms with Crippen LogP contribution in [-0.2, 0) is 14.8 Å². The fourth-order valence-corrected chi connectivity index (χ4v) is 6.98. The van der Waals surface area contributed by atoms with Crippen molar-refractivity contribution in [1.82, 2.24) is 14.2 Å². The number of piperidine rings is 1. The van der Waals surface area contributed by atoms with E-state index in [1.807, 2.05) is 11.0 Å². The first-order chi connectivity index (χ1) is 14.1. The number of nitrogens with zero attached hydrogens (tertiary/aromatic N) is 3. The zero-order valence-corrected chi connectivity index (χ0v) is 18.6. The summed E-state index contributed by atoms with van der Waals surface area (Å²) in [5, 5.41) is 2.72. The van der Waals surface area contributed by atoms with Crippen LogP contribution in [0.4, 0.5) is 0 Å². The Kier molecular flexibility index (Phi) is 6.58. The first-order valence-corrected chi connectivity index (χ1v) is 13.3. The maximum Gasteiger partial charge on any atom is 0.244 e. The van der Waals surface area contributed by atoms with Crippen molar-refractivity contribution in [2.24, 2.45) is 0 Å². The monoisotopic (exact) mass is 451 g/mol. The summed E-state index contributed by atoms with van der Waals surface area (Å²) in [5.41, 5.74) is 0. The van der Waals surface area contributed by atoms with Crippen molar-refractivity contribution in [3.63, 3.8) is 0 Å². The third-order valence-electron chi connectivity index (χ3n) is 5.45. The summed E-state index contributed by atoms with van der Waals surface area (Å²) < 4.78 is 27.0. The Morgan fingerprint density at radius 3 is 2.66 bits per heavy atom. The number of rotatable bonds is 6. The Bertz CT molecular complexity index is 924. The number of amides is 1. The number of hydrogen-bond acceptors (Lipinski definition) is 6. The van der Waals surface area contributed by atoms with Crippen molar-refractivity contribution in [2.75, 3.05) is 25.4 Å². The molecule has 4 heterocycles. The van der Waals surface area contributed by atoms with Gasteiger partial charge in [0.15, 0.2) is 0 Å². The number of likely N-dealkylation sites (tertiary alicyclic amines) is 1. The molecule has 2 aromatic rings. The average molecular weight is 452 g/mol. The summed E-state index contributed by atoms with van der Waals surface area (Å²) in [6.07, 6.45) is 6.36. The van der Waals surface area contributed by atoms with Gasteiger partial charge in [0.2, 0.25) is 15.9 Å². The van der Waals surface area contributed by atoms with Gasteiger partial charge in [-0.3, -0.25) is 4.79 Å². The standard InChI is InChI=1S/C20H25N3O3S3/c24-20(23-12-4-6-17(23)18-7-5-13-27-18)15-28-19-9-8-16(14-21-19)29(25,26)22-10-2-1-3-11-22/h5,7-9,13-14,17H,1-4,6,10-12,15H2. The Morgan fingerprint density at radius 1 is 1.14 bits per heavy atom. The van der Waals surface area contributed by atoms with Gasteiger partial charge in [0.1, 0.15) is 4.90 Å². The molecule has 0 aromatic carbocycles. The van der Waals surface area contributed by atoms with Gasteiger partial charge in [-0.25, -0.2) is 13.4 Å². The zero-order valence-electron chi connectivity index (χ0n) is 16.2. The van der Waals surface area contributed by atoms with E-state index in [2.05, 4.69) is 16.4 Å². The molecule has 2 aliphatic heterocycles. The molecule has 0 N–H and O–H groups in total. The molecule has 2 aliphatic rings. The SMILES string of the molecule is O=C(CSc1ccc(S(=O)(=O)N2CCCCC2)cn1)N1CCCC1c1cccs1. The number of hydrogen-bond donors (Lipinski definition) is 0. The summed E-state index contributed by atoms with van der Waals surface area (Å²) in [6, 6.07) is 7.62. The van der Waals surface area contributed by atoms with E-state index < -0.39 is 10.0 Å². The van der Waals surface area contributed by atoms with Crippen LogP contribution < -0.4 is 0 Å². The number of sulfonamides is 1. The molecule has 2 aromatic heterocycles. The molecule has 2 fully saturated rings. The predicted molar refractivity (Wildman–Crippen MR) is 116 cm³/mol.